The van der Waals surface area contributed by atoms with Crippen LogP contribution in [-0.4, -0.2) is 37.2 Å². The second kappa shape index (κ2) is 7.70. The molecule has 0 radical (unpaired) electrons. The van der Waals surface area contributed by atoms with Gasteiger partial charge in [0.25, 0.3) is 5.91 Å². The fourth-order valence-electron chi connectivity index (χ4n) is 2.70. The number of hydrogen-bond acceptors (Lipinski definition) is 4. The van der Waals surface area contributed by atoms with E-state index in [0.717, 1.165) is 17.9 Å². The van der Waals surface area contributed by atoms with Crippen molar-refractivity contribution < 1.29 is 4.79 Å². The molecule has 2 heterocycles. The Kier molecular flexibility index (Phi) is 5.37. The first-order chi connectivity index (χ1) is 12.4. The summed E-state index contributed by atoms with van der Waals surface area (Å²) >= 11 is 6.14. The van der Waals surface area contributed by atoms with Crippen LogP contribution in [0, 0.1) is 19.8 Å². The van der Waals surface area contributed by atoms with Crippen LogP contribution in [-0.2, 0) is 6.54 Å². The Bertz CT molecular complexity index is 916. The lowest BCUT2D eigenvalue weighted by Crippen LogP contribution is -2.30. The van der Waals surface area contributed by atoms with Gasteiger partial charge in [-0.2, -0.15) is 5.10 Å². The van der Waals surface area contributed by atoms with Gasteiger partial charge in [-0.05, 0) is 38.0 Å². The Morgan fingerprint density at radius 3 is 2.77 bits per heavy atom. The number of carbonyl (C=O) groups excluding carboxylic acids is 1. The van der Waals surface area contributed by atoms with Crippen LogP contribution in [0.2, 0.25) is 5.02 Å². The molecule has 0 fully saturated rings. The summed E-state index contributed by atoms with van der Waals surface area (Å²) in [6, 6.07) is 9.30. The van der Waals surface area contributed by atoms with E-state index in [1.807, 2.05) is 42.8 Å². The average Bonchev–Trinajstić information content (AvgIpc) is 3.20. The van der Waals surface area contributed by atoms with Gasteiger partial charge in [-0.3, -0.25) is 9.48 Å². The quantitative estimate of drug-likeness (QED) is 0.721. The normalized spacial score (nSPS) is 12.2. The summed E-state index contributed by atoms with van der Waals surface area (Å²) in [7, 11) is 0. The second-order valence-corrected chi connectivity index (χ2v) is 6.83. The molecular formula is C18H21ClN6O. The first-order valence-electron chi connectivity index (χ1n) is 8.40. The Morgan fingerprint density at radius 1 is 1.31 bits per heavy atom. The summed E-state index contributed by atoms with van der Waals surface area (Å²) in [5.41, 5.74) is 3.04. The number of hydrogen-bond donors (Lipinski definition) is 1. The van der Waals surface area contributed by atoms with E-state index in [-0.39, 0.29) is 17.5 Å². The number of nitrogens with one attached hydrogen (secondary N) is 1. The first kappa shape index (κ1) is 18.1. The van der Waals surface area contributed by atoms with E-state index in [1.54, 1.807) is 12.3 Å². The van der Waals surface area contributed by atoms with E-state index in [0.29, 0.717) is 17.3 Å². The highest BCUT2D eigenvalue weighted by Crippen LogP contribution is 2.18. The fraction of sp³-hybridized carbons (Fsp3) is 0.333. The standard InChI is InChI=1S/C18H21ClN6O/c1-12(10-24-14(3)8-13(2)22-24)9-20-18(26)16-11-25(23-21-16)17-7-5-4-6-15(17)19/h4-8,11-12H,9-10H2,1-3H3,(H,20,26). The topological polar surface area (TPSA) is 77.6 Å². The van der Waals surface area contributed by atoms with Crippen molar-refractivity contribution in [2.75, 3.05) is 6.54 Å². The molecule has 1 amide bonds. The molecule has 2 aromatic heterocycles. The molecule has 0 aliphatic rings. The van der Waals surface area contributed by atoms with Gasteiger partial charge in [-0.25, -0.2) is 4.68 Å². The monoisotopic (exact) mass is 372 g/mol. The van der Waals surface area contributed by atoms with Crippen LogP contribution in [0.1, 0.15) is 28.8 Å². The lowest BCUT2D eigenvalue weighted by molar-refractivity contribution is 0.0941. The van der Waals surface area contributed by atoms with Crippen LogP contribution in [0.3, 0.4) is 0 Å². The molecule has 3 aromatic rings. The van der Waals surface area contributed by atoms with Crippen LogP contribution in [0.4, 0.5) is 0 Å². The highest BCUT2D eigenvalue weighted by atomic mass is 35.5. The summed E-state index contributed by atoms with van der Waals surface area (Å²) < 4.78 is 3.45. The number of rotatable bonds is 6. The summed E-state index contributed by atoms with van der Waals surface area (Å²) in [5, 5.41) is 15.8. The van der Waals surface area contributed by atoms with Gasteiger partial charge < -0.3 is 5.32 Å². The minimum atomic E-state index is -0.261. The highest BCUT2D eigenvalue weighted by molar-refractivity contribution is 6.32. The number of para-hydroxylation sites is 1. The highest BCUT2D eigenvalue weighted by Gasteiger charge is 2.14. The second-order valence-electron chi connectivity index (χ2n) is 6.42. The minimum absolute atomic E-state index is 0.232. The van der Waals surface area contributed by atoms with E-state index in [1.165, 1.54) is 4.68 Å². The van der Waals surface area contributed by atoms with Gasteiger partial charge in [0.1, 0.15) is 0 Å². The molecule has 26 heavy (non-hydrogen) atoms. The average molecular weight is 373 g/mol. The maximum atomic E-state index is 12.3. The number of aryl methyl sites for hydroxylation is 2. The third-order valence-corrected chi connectivity index (χ3v) is 4.34. The Morgan fingerprint density at radius 2 is 2.08 bits per heavy atom. The van der Waals surface area contributed by atoms with E-state index >= 15 is 0 Å². The van der Waals surface area contributed by atoms with Crippen molar-refractivity contribution in [3.8, 4) is 5.69 Å². The molecule has 0 aliphatic heterocycles. The number of nitrogens with zero attached hydrogens (tertiary/aromatic N) is 5. The SMILES string of the molecule is Cc1cc(C)n(CC(C)CNC(=O)c2cn(-c3ccccc3Cl)nn2)n1. The molecular weight excluding hydrogens is 352 g/mol. The summed E-state index contributed by atoms with van der Waals surface area (Å²) in [6.45, 7) is 7.33. The molecule has 0 aliphatic carbocycles. The predicted molar refractivity (Wildman–Crippen MR) is 99.6 cm³/mol. The molecule has 1 aromatic carbocycles. The molecule has 0 saturated carbocycles. The number of amides is 1. The van der Waals surface area contributed by atoms with Crippen LogP contribution in [0.25, 0.3) is 5.69 Å². The zero-order valence-corrected chi connectivity index (χ0v) is 15.7. The van der Waals surface area contributed by atoms with Crippen LogP contribution < -0.4 is 5.32 Å². The van der Waals surface area contributed by atoms with Crippen LogP contribution in [0.15, 0.2) is 36.5 Å². The smallest absolute Gasteiger partial charge is 0.273 e. The fourth-order valence-corrected chi connectivity index (χ4v) is 2.92. The maximum Gasteiger partial charge on any atom is 0.273 e. The van der Waals surface area contributed by atoms with E-state index < -0.39 is 0 Å². The zero-order chi connectivity index (χ0) is 18.7. The van der Waals surface area contributed by atoms with Gasteiger partial charge >= 0.3 is 0 Å². The largest absolute Gasteiger partial charge is 0.350 e. The Labute approximate surface area is 157 Å². The molecule has 1 N–H and O–H groups in total. The lowest BCUT2D eigenvalue weighted by atomic mass is 10.2. The molecule has 3 rings (SSSR count). The predicted octanol–water partition coefficient (Wildman–Crippen LogP) is 2.80. The van der Waals surface area contributed by atoms with Gasteiger partial charge in [0.05, 0.1) is 22.6 Å². The van der Waals surface area contributed by atoms with Crippen molar-refractivity contribution in [3.05, 3.63) is 58.6 Å². The third-order valence-electron chi connectivity index (χ3n) is 4.02. The summed E-state index contributed by atoms with van der Waals surface area (Å²) in [6.07, 6.45) is 1.57. The molecule has 136 valence electrons. The van der Waals surface area contributed by atoms with Crippen molar-refractivity contribution in [1.29, 1.82) is 0 Å². The molecule has 1 unspecified atom stereocenters. The van der Waals surface area contributed by atoms with E-state index in [9.17, 15) is 4.79 Å². The van der Waals surface area contributed by atoms with Crippen LogP contribution in [0.5, 0.6) is 0 Å². The van der Waals surface area contributed by atoms with Crippen molar-refractivity contribution in [2.24, 2.45) is 5.92 Å². The lowest BCUT2D eigenvalue weighted by Gasteiger charge is -2.13. The van der Waals surface area contributed by atoms with Gasteiger partial charge in [0, 0.05) is 18.8 Å². The zero-order valence-electron chi connectivity index (χ0n) is 15.0. The minimum Gasteiger partial charge on any atom is -0.350 e. The molecule has 0 bridgehead atoms. The number of carbonyl (C=O) groups is 1. The van der Waals surface area contributed by atoms with E-state index in [2.05, 4.69) is 27.7 Å². The van der Waals surface area contributed by atoms with Crippen LogP contribution >= 0.6 is 11.6 Å². The van der Waals surface area contributed by atoms with Gasteiger partial charge in [0.15, 0.2) is 5.69 Å². The summed E-state index contributed by atoms with van der Waals surface area (Å²) in [4.78, 5) is 12.3. The number of aromatic nitrogens is 5. The van der Waals surface area contributed by atoms with Gasteiger partial charge in [-0.1, -0.05) is 35.9 Å². The van der Waals surface area contributed by atoms with Crippen molar-refractivity contribution in [1.82, 2.24) is 30.1 Å². The van der Waals surface area contributed by atoms with Crippen molar-refractivity contribution in [2.45, 2.75) is 27.3 Å². The van der Waals surface area contributed by atoms with Gasteiger partial charge in [-0.15, -0.1) is 5.10 Å². The van der Waals surface area contributed by atoms with E-state index in [4.69, 9.17) is 11.6 Å². The first-order valence-corrected chi connectivity index (χ1v) is 8.78. The van der Waals surface area contributed by atoms with Crippen molar-refractivity contribution in [3.63, 3.8) is 0 Å². The Balaban J connectivity index is 1.59. The van der Waals surface area contributed by atoms with Gasteiger partial charge in [0.2, 0.25) is 0 Å². The van der Waals surface area contributed by atoms with Crippen molar-refractivity contribution >= 4 is 17.5 Å². The summed E-state index contributed by atoms with van der Waals surface area (Å²) in [5.74, 6) is -0.0286. The third kappa shape index (κ3) is 4.11. The molecule has 8 heteroatoms. The molecule has 1 atom stereocenters. The number of benzene rings is 1. The maximum absolute atomic E-state index is 12.3. The Hall–Kier alpha value is -2.67. The number of halogens is 1. The molecule has 0 spiro atoms. The molecule has 0 saturated heterocycles. The molecule has 7 nitrogen and oxygen atoms in total.